The Bertz CT molecular complexity index is 80.2. The molecule has 2 saturated carbocycles. The van der Waals surface area contributed by atoms with Crippen molar-refractivity contribution in [3.8, 4) is 0 Å². The van der Waals surface area contributed by atoms with E-state index in [1.165, 1.54) is 29.5 Å². The normalized spacial score (nSPS) is 17.6. The molecule has 2 fully saturated rings. The molecule has 16 heavy (non-hydrogen) atoms. The van der Waals surface area contributed by atoms with E-state index >= 15 is 0 Å². The third-order valence-corrected chi connectivity index (χ3v) is 5.61. The molecule has 2 aliphatic carbocycles. The van der Waals surface area contributed by atoms with Crippen LogP contribution in [0.4, 0.5) is 0 Å². The first-order valence-corrected chi connectivity index (χ1v) is 9.33. The molecular weight excluding hydrogens is 328 g/mol. The molecule has 2 aliphatic rings. The molecule has 0 heterocycles. The molecule has 0 atom stereocenters. The number of hydrogen-bond acceptors (Lipinski definition) is 5. The predicted octanol–water partition coefficient (Wildman–Crippen LogP) is 3.98. The van der Waals surface area contributed by atoms with Crippen LogP contribution in [0, 0.1) is 64.2 Å². The maximum Gasteiger partial charge on any atom is 2.00 e. The van der Waals surface area contributed by atoms with Crippen LogP contribution in [-0.2, 0) is 45.0 Å². The van der Waals surface area contributed by atoms with Crippen LogP contribution in [0.3, 0.4) is 0 Å². The molecule has 6 heteroatoms. The van der Waals surface area contributed by atoms with Gasteiger partial charge in [0.1, 0.15) is 0 Å². The molecule has 0 amide bonds. The van der Waals surface area contributed by atoms with Crippen LogP contribution in [0.5, 0.6) is 0 Å². The van der Waals surface area contributed by atoms with Crippen molar-refractivity contribution in [1.82, 2.24) is 0 Å². The van der Waals surface area contributed by atoms with Gasteiger partial charge in [-0.1, -0.05) is 9.83 Å². The molecule has 0 bridgehead atoms. The van der Waals surface area contributed by atoms with E-state index in [4.69, 9.17) is 0 Å². The maximum atomic E-state index is 4.44. The van der Waals surface area contributed by atoms with Crippen LogP contribution in [-0.4, -0.2) is 0 Å². The van der Waals surface area contributed by atoms with Crippen LogP contribution in [0.25, 0.3) is 0 Å². The van der Waals surface area contributed by atoms with Crippen molar-refractivity contribution in [2.75, 3.05) is 0 Å². The average Bonchev–Trinajstić information content (AvgIpc) is 2.99. The Morgan fingerprint density at radius 3 is 0.750 bits per heavy atom. The SMILES string of the molecule is [CH]1[CH][CH][CH][CH]1.[CH]1[CH][CH][CH][CH]1.[S-]SSS[S-].[Ti+2]. The van der Waals surface area contributed by atoms with Crippen molar-refractivity contribution >= 4 is 52.8 Å². The fourth-order valence-electron chi connectivity index (χ4n) is 0.653. The van der Waals surface area contributed by atoms with Gasteiger partial charge in [0, 0.05) is 0 Å². The van der Waals surface area contributed by atoms with Crippen molar-refractivity contribution in [1.29, 1.82) is 0 Å². The topological polar surface area (TPSA) is 0 Å². The van der Waals surface area contributed by atoms with Crippen molar-refractivity contribution in [3.63, 3.8) is 0 Å². The summed E-state index contributed by atoms with van der Waals surface area (Å²) in [6.45, 7) is 0. The number of rotatable bonds is 2. The van der Waals surface area contributed by atoms with Crippen molar-refractivity contribution < 1.29 is 21.7 Å². The van der Waals surface area contributed by atoms with Gasteiger partial charge < -0.3 is 23.3 Å². The summed E-state index contributed by atoms with van der Waals surface area (Å²) in [5.74, 6) is 0. The van der Waals surface area contributed by atoms with E-state index in [2.05, 4.69) is 23.3 Å². The first kappa shape index (κ1) is 20.8. The Kier molecular flexibility index (Phi) is 25.7. The van der Waals surface area contributed by atoms with Crippen molar-refractivity contribution in [3.05, 3.63) is 64.2 Å². The molecule has 0 aromatic heterocycles. The fourth-order valence-corrected chi connectivity index (χ4v) is 3.40. The largest absolute Gasteiger partial charge is 2.00 e. The third-order valence-electron chi connectivity index (χ3n) is 1.17. The zero-order valence-corrected chi connectivity index (χ0v) is 14.0. The van der Waals surface area contributed by atoms with Crippen molar-refractivity contribution in [2.45, 2.75) is 0 Å². The van der Waals surface area contributed by atoms with Crippen LogP contribution < -0.4 is 0 Å². The third kappa shape index (κ3) is 18.8. The monoisotopic (exact) mass is 338 g/mol. The van der Waals surface area contributed by atoms with Crippen LogP contribution >= 0.6 is 29.5 Å². The molecular formula is C10H10S5Ti. The molecule has 0 nitrogen and oxygen atoms in total. The summed E-state index contributed by atoms with van der Waals surface area (Å²) in [5, 5.41) is 0. The van der Waals surface area contributed by atoms with Gasteiger partial charge in [0.05, 0.1) is 0 Å². The van der Waals surface area contributed by atoms with Crippen LogP contribution in [0.1, 0.15) is 0 Å². The summed E-state index contributed by atoms with van der Waals surface area (Å²) in [6, 6.07) is 0. The Morgan fingerprint density at radius 1 is 0.500 bits per heavy atom. The standard InChI is InChI=1S/2C5H5.H2S5.Ti/c2*1-2-4-5-3-1;1-3-5-4-2;/h2*1-5H;1-2H;/q;;;+2/p-2. The minimum absolute atomic E-state index is 0. The molecule has 0 aromatic rings. The van der Waals surface area contributed by atoms with E-state index in [0.717, 1.165) is 0 Å². The minimum Gasteiger partial charge on any atom is -0.706 e. The molecule has 84 valence electrons. The van der Waals surface area contributed by atoms with Gasteiger partial charge in [-0.3, -0.25) is 19.7 Å². The summed E-state index contributed by atoms with van der Waals surface area (Å²) in [4.78, 5) is 0. The van der Waals surface area contributed by atoms with E-state index in [1.54, 1.807) is 0 Å². The second-order valence-corrected chi connectivity index (χ2v) is 7.44. The molecule has 0 spiro atoms. The smallest absolute Gasteiger partial charge is 0.706 e. The Morgan fingerprint density at radius 2 is 0.688 bits per heavy atom. The first-order chi connectivity index (χ1) is 7.41. The van der Waals surface area contributed by atoms with E-state index in [0.29, 0.717) is 0 Å². The summed E-state index contributed by atoms with van der Waals surface area (Å²) in [6.07, 6.45) is 20.0. The molecule has 10 radical (unpaired) electrons. The van der Waals surface area contributed by atoms with Gasteiger partial charge in [-0.25, -0.2) is 0 Å². The second kappa shape index (κ2) is 19.8. The maximum absolute atomic E-state index is 4.44. The van der Waals surface area contributed by atoms with Gasteiger partial charge in [-0.15, -0.1) is 0 Å². The van der Waals surface area contributed by atoms with Crippen LogP contribution in [0.15, 0.2) is 0 Å². The van der Waals surface area contributed by atoms with Crippen LogP contribution in [0.2, 0.25) is 0 Å². The molecule has 0 N–H and O–H groups in total. The fraction of sp³-hybridized carbons (Fsp3) is 0. The summed E-state index contributed by atoms with van der Waals surface area (Å²) < 4.78 is 0. The van der Waals surface area contributed by atoms with Gasteiger partial charge in [0.2, 0.25) is 0 Å². The predicted molar refractivity (Wildman–Crippen MR) is 80.5 cm³/mol. The van der Waals surface area contributed by atoms with E-state index < -0.39 is 0 Å². The summed E-state index contributed by atoms with van der Waals surface area (Å²) >= 11 is 8.89. The molecule has 0 unspecified atom stereocenters. The van der Waals surface area contributed by atoms with E-state index in [1.807, 2.05) is 64.2 Å². The second-order valence-electron chi connectivity index (χ2n) is 2.13. The van der Waals surface area contributed by atoms with Gasteiger partial charge in [-0.05, 0) is 64.2 Å². The number of hydrogen-bond donors (Lipinski definition) is 0. The van der Waals surface area contributed by atoms with Gasteiger partial charge in [-0.2, -0.15) is 0 Å². The van der Waals surface area contributed by atoms with E-state index in [-0.39, 0.29) is 21.7 Å². The van der Waals surface area contributed by atoms with Crippen molar-refractivity contribution in [2.24, 2.45) is 0 Å². The molecule has 2 rings (SSSR count). The Labute approximate surface area is 137 Å². The molecule has 0 saturated heterocycles. The van der Waals surface area contributed by atoms with Gasteiger partial charge >= 0.3 is 21.7 Å². The quantitative estimate of drug-likeness (QED) is 0.423. The van der Waals surface area contributed by atoms with Gasteiger partial charge in [0.25, 0.3) is 0 Å². The summed E-state index contributed by atoms with van der Waals surface area (Å²) in [7, 11) is 3.95. The first-order valence-electron chi connectivity index (χ1n) is 4.00. The zero-order valence-electron chi connectivity index (χ0n) is 8.31. The van der Waals surface area contributed by atoms with E-state index in [9.17, 15) is 0 Å². The molecule has 0 aromatic carbocycles. The summed E-state index contributed by atoms with van der Waals surface area (Å²) in [5.41, 5.74) is 0. The van der Waals surface area contributed by atoms with Gasteiger partial charge in [0.15, 0.2) is 0 Å². The zero-order chi connectivity index (χ0) is 11.2. The Balaban J connectivity index is 0. The average molecular weight is 338 g/mol. The molecule has 0 aliphatic heterocycles. The minimum atomic E-state index is 0. The Hall–Kier alpha value is 2.46.